The molecule has 0 amide bonds. The molecule has 1 heterocycles. The fourth-order valence-corrected chi connectivity index (χ4v) is 5.11. The van der Waals surface area contributed by atoms with Crippen molar-refractivity contribution in [3.8, 4) is 0 Å². The van der Waals surface area contributed by atoms with Gasteiger partial charge in [0.2, 0.25) is 0 Å². The van der Waals surface area contributed by atoms with E-state index in [1.807, 2.05) is 0 Å². The Morgan fingerprint density at radius 3 is 2.89 bits per heavy atom. The maximum absolute atomic E-state index is 3.90. The van der Waals surface area contributed by atoms with Crippen molar-refractivity contribution in [2.24, 2.45) is 11.8 Å². The minimum Gasteiger partial charge on any atom is -0.312 e. The quantitative estimate of drug-likeness (QED) is 0.834. The molecule has 1 N–H and O–H groups in total. The Morgan fingerprint density at radius 1 is 1.37 bits per heavy atom. The number of hydrogen-bond donors (Lipinski definition) is 1. The van der Waals surface area contributed by atoms with Gasteiger partial charge in [-0.25, -0.2) is 0 Å². The molecule has 19 heavy (non-hydrogen) atoms. The van der Waals surface area contributed by atoms with Gasteiger partial charge in [-0.1, -0.05) is 26.7 Å². The smallest absolute Gasteiger partial charge is 0.0339 e. The van der Waals surface area contributed by atoms with Crippen molar-refractivity contribution in [3.05, 3.63) is 0 Å². The largest absolute Gasteiger partial charge is 0.312 e. The number of nitrogens with zero attached hydrogens (tertiary/aromatic N) is 1. The maximum atomic E-state index is 3.90. The molecule has 0 aromatic heterocycles. The van der Waals surface area contributed by atoms with Gasteiger partial charge in [-0.2, -0.15) is 11.8 Å². The second-order valence-electron chi connectivity index (χ2n) is 6.63. The van der Waals surface area contributed by atoms with Gasteiger partial charge in [-0.3, -0.25) is 0 Å². The highest BCUT2D eigenvalue weighted by Crippen LogP contribution is 2.34. The number of likely N-dealkylation sites (N-methyl/N-ethyl adjacent to an activating group) is 1. The van der Waals surface area contributed by atoms with Gasteiger partial charge in [0.05, 0.1) is 0 Å². The number of nitrogens with one attached hydrogen (secondary N) is 1. The van der Waals surface area contributed by atoms with E-state index in [0.717, 1.165) is 23.9 Å². The lowest BCUT2D eigenvalue weighted by Crippen LogP contribution is -2.56. The van der Waals surface area contributed by atoms with Gasteiger partial charge in [-0.15, -0.1) is 0 Å². The summed E-state index contributed by atoms with van der Waals surface area (Å²) in [6.45, 7) is 7.18. The number of rotatable bonds is 5. The van der Waals surface area contributed by atoms with E-state index in [1.54, 1.807) is 0 Å². The molecule has 0 spiro atoms. The topological polar surface area (TPSA) is 15.3 Å². The summed E-state index contributed by atoms with van der Waals surface area (Å²) in [4.78, 5) is 2.61. The van der Waals surface area contributed by atoms with Gasteiger partial charge in [0.25, 0.3) is 0 Å². The van der Waals surface area contributed by atoms with E-state index in [-0.39, 0.29) is 0 Å². The summed E-state index contributed by atoms with van der Waals surface area (Å²) in [5.41, 5.74) is 0. The van der Waals surface area contributed by atoms with Crippen LogP contribution in [0.4, 0.5) is 0 Å². The van der Waals surface area contributed by atoms with Gasteiger partial charge in [0, 0.05) is 30.1 Å². The van der Waals surface area contributed by atoms with Crippen LogP contribution in [0.5, 0.6) is 0 Å². The molecule has 1 saturated heterocycles. The highest BCUT2D eigenvalue weighted by atomic mass is 32.2. The fraction of sp³-hybridized carbons (Fsp3) is 1.00. The molecule has 4 atom stereocenters. The van der Waals surface area contributed by atoms with Crippen molar-refractivity contribution in [1.82, 2.24) is 10.2 Å². The normalized spacial score (nSPS) is 35.2. The molecule has 2 aliphatic rings. The van der Waals surface area contributed by atoms with Crippen LogP contribution in [-0.4, -0.2) is 48.6 Å². The lowest BCUT2D eigenvalue weighted by Gasteiger charge is -2.43. The van der Waals surface area contributed by atoms with E-state index in [0.29, 0.717) is 0 Å². The fourth-order valence-electron chi connectivity index (χ4n) is 3.82. The Hall–Kier alpha value is 0.270. The average molecular weight is 285 g/mol. The molecule has 1 saturated carbocycles. The van der Waals surface area contributed by atoms with E-state index < -0.39 is 0 Å². The Balaban J connectivity index is 2.00. The molecule has 2 rings (SSSR count). The summed E-state index contributed by atoms with van der Waals surface area (Å²) in [7, 11) is 2.33. The van der Waals surface area contributed by atoms with Crippen LogP contribution >= 0.6 is 11.8 Å². The summed E-state index contributed by atoms with van der Waals surface area (Å²) in [5, 5.41) is 3.90. The summed E-state index contributed by atoms with van der Waals surface area (Å²) in [6, 6.07) is 1.47. The lowest BCUT2D eigenvalue weighted by atomic mass is 9.76. The van der Waals surface area contributed by atoms with Gasteiger partial charge >= 0.3 is 0 Å². The predicted molar refractivity (Wildman–Crippen MR) is 86.9 cm³/mol. The van der Waals surface area contributed by atoms with Gasteiger partial charge in [0.1, 0.15) is 0 Å². The molecule has 4 unspecified atom stereocenters. The molecule has 0 aromatic rings. The van der Waals surface area contributed by atoms with Crippen LogP contribution < -0.4 is 5.32 Å². The Morgan fingerprint density at radius 2 is 2.21 bits per heavy atom. The second-order valence-corrected chi connectivity index (χ2v) is 7.78. The summed E-state index contributed by atoms with van der Waals surface area (Å²) < 4.78 is 0. The Kier molecular flexibility index (Phi) is 6.51. The van der Waals surface area contributed by atoms with Crippen LogP contribution in [0.25, 0.3) is 0 Å². The average Bonchev–Trinajstić information content (AvgIpc) is 2.41. The first-order valence-electron chi connectivity index (χ1n) is 8.23. The molecule has 1 aliphatic carbocycles. The molecular weight excluding hydrogens is 252 g/mol. The lowest BCUT2D eigenvalue weighted by molar-refractivity contribution is 0.135. The van der Waals surface area contributed by atoms with Gasteiger partial charge in [0.15, 0.2) is 0 Å². The molecule has 3 heteroatoms. The molecule has 112 valence electrons. The minimum absolute atomic E-state index is 0.723. The summed E-state index contributed by atoms with van der Waals surface area (Å²) in [5.74, 6) is 4.48. The monoisotopic (exact) mass is 284 g/mol. The Bertz CT molecular complexity index is 259. The van der Waals surface area contributed by atoms with E-state index in [4.69, 9.17) is 0 Å². The third-order valence-corrected chi connectivity index (χ3v) is 6.02. The SMILES string of the molecule is CCCNC(C1CCCC(C)C1)C1CSCCN1C. The highest BCUT2D eigenvalue weighted by molar-refractivity contribution is 7.99. The Labute approximate surface area is 124 Å². The maximum Gasteiger partial charge on any atom is 0.0339 e. The van der Waals surface area contributed by atoms with Crippen LogP contribution in [0.15, 0.2) is 0 Å². The van der Waals surface area contributed by atoms with Gasteiger partial charge < -0.3 is 10.2 Å². The predicted octanol–water partition coefficient (Wildman–Crippen LogP) is 3.23. The molecule has 0 radical (unpaired) electrons. The first-order valence-corrected chi connectivity index (χ1v) is 9.39. The third kappa shape index (κ3) is 4.37. The van der Waals surface area contributed by atoms with Crippen molar-refractivity contribution >= 4 is 11.8 Å². The van der Waals surface area contributed by atoms with Crippen molar-refractivity contribution in [3.63, 3.8) is 0 Å². The van der Waals surface area contributed by atoms with Crippen LogP contribution in [0, 0.1) is 11.8 Å². The third-order valence-electron chi connectivity index (χ3n) is 4.97. The first kappa shape index (κ1) is 15.7. The number of thioether (sulfide) groups is 1. The van der Waals surface area contributed by atoms with Crippen LogP contribution in [0.2, 0.25) is 0 Å². The zero-order valence-electron chi connectivity index (χ0n) is 13.0. The molecule has 1 aliphatic heterocycles. The first-order chi connectivity index (χ1) is 9.22. The minimum atomic E-state index is 0.723. The van der Waals surface area contributed by atoms with Crippen LogP contribution in [0.1, 0.15) is 46.0 Å². The van der Waals surface area contributed by atoms with E-state index in [2.05, 4.69) is 42.9 Å². The number of hydrogen-bond acceptors (Lipinski definition) is 3. The molecule has 0 aromatic carbocycles. The van der Waals surface area contributed by atoms with Crippen molar-refractivity contribution in [1.29, 1.82) is 0 Å². The van der Waals surface area contributed by atoms with Crippen LogP contribution in [-0.2, 0) is 0 Å². The standard InChI is InChI=1S/C16H32N2S/c1-4-8-17-16(14-7-5-6-13(2)11-14)15-12-19-10-9-18(15)3/h13-17H,4-12H2,1-3H3. The molecular formula is C16H32N2S. The molecule has 2 nitrogen and oxygen atoms in total. The van der Waals surface area contributed by atoms with Crippen molar-refractivity contribution in [2.75, 3.05) is 31.6 Å². The van der Waals surface area contributed by atoms with E-state index in [9.17, 15) is 0 Å². The summed E-state index contributed by atoms with van der Waals surface area (Å²) >= 11 is 2.15. The van der Waals surface area contributed by atoms with Crippen molar-refractivity contribution < 1.29 is 0 Å². The molecule has 0 bridgehead atoms. The second kappa shape index (κ2) is 7.90. The highest BCUT2D eigenvalue weighted by Gasteiger charge is 2.35. The molecule has 2 fully saturated rings. The van der Waals surface area contributed by atoms with Crippen LogP contribution in [0.3, 0.4) is 0 Å². The zero-order valence-corrected chi connectivity index (χ0v) is 13.8. The zero-order chi connectivity index (χ0) is 13.7. The summed E-state index contributed by atoms with van der Waals surface area (Å²) in [6.07, 6.45) is 7.03. The van der Waals surface area contributed by atoms with E-state index in [1.165, 1.54) is 56.7 Å². The van der Waals surface area contributed by atoms with E-state index >= 15 is 0 Å². The van der Waals surface area contributed by atoms with Gasteiger partial charge in [-0.05, 0) is 44.7 Å². The van der Waals surface area contributed by atoms with Crippen molar-refractivity contribution in [2.45, 2.75) is 58.0 Å².